The summed E-state index contributed by atoms with van der Waals surface area (Å²) in [7, 11) is 0.696. The first-order valence-electron chi connectivity index (χ1n) is 7.77. The van der Waals surface area contributed by atoms with E-state index in [9.17, 15) is 8.42 Å². The van der Waals surface area contributed by atoms with Gasteiger partial charge in [0.15, 0.2) is 0 Å². The molecule has 0 unspecified atom stereocenters. The van der Waals surface area contributed by atoms with Gasteiger partial charge in [0.05, 0.1) is 14.2 Å². The molecule has 2 rings (SSSR count). The first-order valence-corrected chi connectivity index (χ1v) is 9.21. The van der Waals surface area contributed by atoms with Gasteiger partial charge in [-0.1, -0.05) is 18.2 Å². The number of likely N-dealkylation sites (N-methyl/N-ethyl adjacent to an activating group) is 1. The number of aryl methyl sites for hydroxylation is 1. The molecule has 0 aliphatic carbocycles. The molecule has 0 saturated carbocycles. The maximum atomic E-state index is 12.8. The van der Waals surface area contributed by atoms with Crippen LogP contribution in [-0.2, 0) is 10.0 Å². The average molecular weight is 365 g/mol. The Balaban J connectivity index is 2.12. The second-order valence-corrected chi connectivity index (χ2v) is 7.47. The molecule has 0 aliphatic heterocycles. The maximum Gasteiger partial charge on any atom is 0.246 e. The zero-order chi connectivity index (χ0) is 18.4. The SMILES string of the molecule is COc1ccc(OC)c(S(=O)(=O)N(C)CCOc2ccccc2C)c1. The maximum absolute atomic E-state index is 12.8. The lowest BCUT2D eigenvalue weighted by Gasteiger charge is -2.19. The van der Waals surface area contributed by atoms with Crippen molar-refractivity contribution in [2.45, 2.75) is 11.8 Å². The fourth-order valence-corrected chi connectivity index (χ4v) is 3.60. The van der Waals surface area contributed by atoms with E-state index in [4.69, 9.17) is 14.2 Å². The van der Waals surface area contributed by atoms with Crippen molar-refractivity contribution in [3.05, 3.63) is 48.0 Å². The number of benzene rings is 2. The molecule has 2 aromatic rings. The van der Waals surface area contributed by atoms with Gasteiger partial charge >= 0.3 is 0 Å². The Morgan fingerprint density at radius 2 is 1.72 bits per heavy atom. The smallest absolute Gasteiger partial charge is 0.246 e. The molecule has 0 radical (unpaired) electrons. The van der Waals surface area contributed by atoms with Crippen molar-refractivity contribution in [2.75, 3.05) is 34.4 Å². The van der Waals surface area contributed by atoms with E-state index >= 15 is 0 Å². The van der Waals surface area contributed by atoms with Crippen LogP contribution in [0.5, 0.6) is 17.2 Å². The van der Waals surface area contributed by atoms with Crippen molar-refractivity contribution in [3.63, 3.8) is 0 Å². The van der Waals surface area contributed by atoms with E-state index in [1.807, 2.05) is 31.2 Å². The van der Waals surface area contributed by atoms with Gasteiger partial charge in [0.25, 0.3) is 0 Å². The van der Waals surface area contributed by atoms with Gasteiger partial charge in [0.1, 0.15) is 28.8 Å². The summed E-state index contributed by atoms with van der Waals surface area (Å²) in [6.07, 6.45) is 0. The summed E-state index contributed by atoms with van der Waals surface area (Å²) in [5.74, 6) is 1.46. The van der Waals surface area contributed by atoms with Crippen LogP contribution in [0.25, 0.3) is 0 Å². The number of rotatable bonds is 8. The Labute approximate surface area is 149 Å². The number of hydrogen-bond donors (Lipinski definition) is 0. The standard InChI is InChI=1S/C18H23NO5S/c1-14-7-5-6-8-16(14)24-12-11-19(2)25(20,21)18-13-15(22-3)9-10-17(18)23-4/h5-10,13H,11-12H2,1-4H3. The van der Waals surface area contributed by atoms with E-state index in [-0.39, 0.29) is 23.8 Å². The minimum Gasteiger partial charge on any atom is -0.497 e. The summed E-state index contributed by atoms with van der Waals surface area (Å²) < 4.78 is 42.9. The van der Waals surface area contributed by atoms with Gasteiger partial charge in [0.2, 0.25) is 10.0 Å². The van der Waals surface area contributed by atoms with Crippen LogP contribution in [0.3, 0.4) is 0 Å². The fourth-order valence-electron chi connectivity index (χ4n) is 2.28. The highest BCUT2D eigenvalue weighted by atomic mass is 32.2. The summed E-state index contributed by atoms with van der Waals surface area (Å²) in [6.45, 7) is 2.39. The molecule has 0 N–H and O–H groups in total. The molecule has 0 heterocycles. The van der Waals surface area contributed by atoms with E-state index in [0.717, 1.165) is 11.3 Å². The Morgan fingerprint density at radius 3 is 2.36 bits per heavy atom. The molecule has 136 valence electrons. The van der Waals surface area contributed by atoms with Crippen molar-refractivity contribution in [1.29, 1.82) is 0 Å². The minimum absolute atomic E-state index is 0.0627. The quantitative estimate of drug-likeness (QED) is 0.720. The molecule has 0 bridgehead atoms. The van der Waals surface area contributed by atoms with E-state index < -0.39 is 10.0 Å². The fraction of sp³-hybridized carbons (Fsp3) is 0.333. The van der Waals surface area contributed by atoms with Crippen LogP contribution in [-0.4, -0.2) is 47.1 Å². The minimum atomic E-state index is -3.73. The summed E-state index contributed by atoms with van der Waals surface area (Å²) in [5.41, 5.74) is 1.00. The number of para-hydroxylation sites is 1. The Bertz CT molecular complexity index is 820. The lowest BCUT2D eigenvalue weighted by atomic mass is 10.2. The van der Waals surface area contributed by atoms with Crippen molar-refractivity contribution >= 4 is 10.0 Å². The van der Waals surface area contributed by atoms with E-state index in [2.05, 4.69) is 0 Å². The summed E-state index contributed by atoms with van der Waals surface area (Å²) in [6, 6.07) is 12.3. The van der Waals surface area contributed by atoms with Crippen LogP contribution < -0.4 is 14.2 Å². The second-order valence-electron chi connectivity index (χ2n) is 5.46. The van der Waals surface area contributed by atoms with Crippen LogP contribution in [0.1, 0.15) is 5.56 Å². The molecule has 0 atom stereocenters. The summed E-state index contributed by atoms with van der Waals surface area (Å²) in [5, 5.41) is 0. The van der Waals surface area contributed by atoms with Crippen LogP contribution in [0.15, 0.2) is 47.4 Å². The molecule has 0 saturated heterocycles. The number of sulfonamides is 1. The third kappa shape index (κ3) is 4.43. The van der Waals surface area contributed by atoms with E-state index in [1.165, 1.54) is 31.6 Å². The third-order valence-corrected chi connectivity index (χ3v) is 5.69. The first-order chi connectivity index (χ1) is 11.9. The average Bonchev–Trinajstić information content (AvgIpc) is 2.62. The second kappa shape index (κ2) is 8.22. The zero-order valence-corrected chi connectivity index (χ0v) is 15.7. The zero-order valence-electron chi connectivity index (χ0n) is 14.9. The predicted molar refractivity (Wildman–Crippen MR) is 96.0 cm³/mol. The van der Waals surface area contributed by atoms with Gasteiger partial charge in [-0.15, -0.1) is 0 Å². The van der Waals surface area contributed by atoms with Gasteiger partial charge in [-0.2, -0.15) is 4.31 Å². The first kappa shape index (κ1) is 19.1. The van der Waals surface area contributed by atoms with Crippen molar-refractivity contribution < 1.29 is 22.6 Å². The Kier molecular flexibility index (Phi) is 6.27. The van der Waals surface area contributed by atoms with Gasteiger partial charge in [0, 0.05) is 19.7 Å². The molecule has 2 aromatic carbocycles. The van der Waals surface area contributed by atoms with E-state index in [0.29, 0.717) is 5.75 Å². The molecule has 0 aromatic heterocycles. The van der Waals surface area contributed by atoms with Crippen LogP contribution >= 0.6 is 0 Å². The lowest BCUT2D eigenvalue weighted by Crippen LogP contribution is -2.31. The third-order valence-electron chi connectivity index (χ3n) is 3.82. The highest BCUT2D eigenvalue weighted by molar-refractivity contribution is 7.89. The molecule has 0 amide bonds. The van der Waals surface area contributed by atoms with Crippen LogP contribution in [0, 0.1) is 6.92 Å². The highest BCUT2D eigenvalue weighted by Crippen LogP contribution is 2.30. The van der Waals surface area contributed by atoms with Crippen molar-refractivity contribution in [1.82, 2.24) is 4.31 Å². The Morgan fingerprint density at radius 1 is 1.00 bits per heavy atom. The monoisotopic (exact) mass is 365 g/mol. The number of methoxy groups -OCH3 is 2. The molecular formula is C18H23NO5S. The van der Waals surface area contributed by atoms with Gasteiger partial charge in [-0.05, 0) is 30.7 Å². The van der Waals surface area contributed by atoms with E-state index in [1.54, 1.807) is 12.1 Å². The molecule has 0 fully saturated rings. The molecule has 6 nitrogen and oxygen atoms in total. The predicted octanol–water partition coefficient (Wildman–Crippen LogP) is 2.71. The number of nitrogens with zero attached hydrogens (tertiary/aromatic N) is 1. The summed E-state index contributed by atoms with van der Waals surface area (Å²) in [4.78, 5) is 0.0627. The van der Waals surface area contributed by atoms with Gasteiger partial charge in [-0.3, -0.25) is 0 Å². The van der Waals surface area contributed by atoms with Crippen LogP contribution in [0.2, 0.25) is 0 Å². The molecule has 25 heavy (non-hydrogen) atoms. The molecule has 0 spiro atoms. The van der Waals surface area contributed by atoms with Crippen molar-refractivity contribution in [2.24, 2.45) is 0 Å². The normalized spacial score (nSPS) is 11.4. The molecule has 0 aliphatic rings. The largest absolute Gasteiger partial charge is 0.497 e. The summed E-state index contributed by atoms with van der Waals surface area (Å²) >= 11 is 0. The van der Waals surface area contributed by atoms with Crippen LogP contribution in [0.4, 0.5) is 0 Å². The topological polar surface area (TPSA) is 65.1 Å². The van der Waals surface area contributed by atoms with Gasteiger partial charge in [-0.25, -0.2) is 8.42 Å². The number of hydrogen-bond acceptors (Lipinski definition) is 5. The molecule has 7 heteroatoms. The van der Waals surface area contributed by atoms with Crippen molar-refractivity contribution in [3.8, 4) is 17.2 Å². The lowest BCUT2D eigenvalue weighted by molar-refractivity contribution is 0.285. The number of ether oxygens (including phenoxy) is 3. The molecular weight excluding hydrogens is 342 g/mol. The van der Waals surface area contributed by atoms with Gasteiger partial charge < -0.3 is 14.2 Å². The Hall–Kier alpha value is -2.25. The highest BCUT2D eigenvalue weighted by Gasteiger charge is 2.25.